The van der Waals surface area contributed by atoms with Crippen LogP contribution in [0.1, 0.15) is 58.4 Å². The van der Waals surface area contributed by atoms with Crippen molar-refractivity contribution in [2.45, 2.75) is 64.6 Å². The summed E-state index contributed by atoms with van der Waals surface area (Å²) in [6.45, 7) is 6.42. The number of hydrogen-bond acceptors (Lipinski definition) is 4. The molecule has 0 spiro atoms. The van der Waals surface area contributed by atoms with Crippen molar-refractivity contribution < 1.29 is 14.3 Å². The number of ether oxygens (including phenoxy) is 2. The average Bonchev–Trinajstić information content (AvgIpc) is 3.06. The third-order valence-electron chi connectivity index (χ3n) is 4.52. The molecule has 1 atom stereocenters. The Bertz CT molecular complexity index is 616. The topological polar surface area (TPSA) is 71.3 Å². The van der Waals surface area contributed by atoms with Crippen LogP contribution in [0, 0.1) is 11.3 Å². The Kier molecular flexibility index (Phi) is 6.22. The molecule has 1 saturated carbocycles. The number of amides is 1. The van der Waals surface area contributed by atoms with E-state index < -0.39 is 5.60 Å². The summed E-state index contributed by atoms with van der Waals surface area (Å²) in [6, 6.07) is 7.31. The maximum absolute atomic E-state index is 12.7. The van der Waals surface area contributed by atoms with Crippen molar-refractivity contribution in [3.63, 3.8) is 0 Å². The molecule has 5 heteroatoms. The van der Waals surface area contributed by atoms with E-state index in [-0.39, 0.29) is 12.0 Å². The van der Waals surface area contributed by atoms with E-state index in [0.29, 0.717) is 23.6 Å². The zero-order valence-electron chi connectivity index (χ0n) is 14.7. The number of benzene rings is 1. The fraction of sp³-hybridized carbons (Fsp3) is 0.579. The largest absolute Gasteiger partial charge is 0.491 e. The minimum absolute atomic E-state index is 0.0803. The number of nitrogens with one attached hydrogen (secondary N) is 1. The van der Waals surface area contributed by atoms with Crippen LogP contribution in [0.4, 0.5) is 5.69 Å². The van der Waals surface area contributed by atoms with E-state index in [1.807, 2.05) is 20.8 Å². The van der Waals surface area contributed by atoms with Crippen molar-refractivity contribution >= 4 is 11.6 Å². The molecular formula is C19H26N2O3. The van der Waals surface area contributed by atoms with Gasteiger partial charge in [0.25, 0.3) is 5.91 Å². The third-order valence-corrected chi connectivity index (χ3v) is 4.52. The molecule has 2 rings (SSSR count). The molecule has 0 saturated heterocycles. The molecule has 0 aliphatic heterocycles. The molecule has 130 valence electrons. The summed E-state index contributed by atoms with van der Waals surface area (Å²) in [5, 5.41) is 12.3. The highest BCUT2D eigenvalue weighted by Gasteiger charge is 2.42. The number of carbonyl (C=O) groups is 1. The summed E-state index contributed by atoms with van der Waals surface area (Å²) < 4.78 is 11.5. The Morgan fingerprint density at radius 1 is 1.38 bits per heavy atom. The van der Waals surface area contributed by atoms with Crippen LogP contribution in [-0.4, -0.2) is 24.2 Å². The number of nitriles is 1. The highest BCUT2D eigenvalue weighted by Crippen LogP contribution is 2.35. The lowest BCUT2D eigenvalue weighted by Crippen LogP contribution is -2.43. The molecular weight excluding hydrogens is 304 g/mol. The zero-order chi connectivity index (χ0) is 17.6. The van der Waals surface area contributed by atoms with Crippen molar-refractivity contribution in [2.75, 3.05) is 11.9 Å². The fourth-order valence-corrected chi connectivity index (χ4v) is 3.01. The lowest BCUT2D eigenvalue weighted by molar-refractivity contribution is -0.140. The van der Waals surface area contributed by atoms with Gasteiger partial charge in [0.05, 0.1) is 17.4 Å². The second kappa shape index (κ2) is 8.16. The van der Waals surface area contributed by atoms with Crippen LogP contribution in [0.5, 0.6) is 5.75 Å². The van der Waals surface area contributed by atoms with Gasteiger partial charge in [-0.2, -0.15) is 5.26 Å². The summed E-state index contributed by atoms with van der Waals surface area (Å²) in [5.74, 6) is 0.480. The van der Waals surface area contributed by atoms with Crippen molar-refractivity contribution in [1.29, 1.82) is 5.26 Å². The molecule has 5 nitrogen and oxygen atoms in total. The number of hydrogen-bond donors (Lipinski definition) is 1. The monoisotopic (exact) mass is 330 g/mol. The van der Waals surface area contributed by atoms with E-state index in [2.05, 4.69) is 11.4 Å². The molecule has 24 heavy (non-hydrogen) atoms. The standard InChI is InChI=1S/C19H26N2O3/c1-4-14(3)24-16-8-9-17(15(12-16)13-20)21-18(22)19(23-5-2)10-6-7-11-19/h8-9,12,14H,4-7,10-11H2,1-3H3,(H,21,22)/t14-/m0/s1. The molecule has 1 aliphatic carbocycles. The van der Waals surface area contributed by atoms with Gasteiger partial charge in [0, 0.05) is 12.7 Å². The van der Waals surface area contributed by atoms with Gasteiger partial charge in [-0.15, -0.1) is 0 Å². The van der Waals surface area contributed by atoms with Crippen molar-refractivity contribution in [3.8, 4) is 11.8 Å². The van der Waals surface area contributed by atoms with Crippen LogP contribution >= 0.6 is 0 Å². The lowest BCUT2D eigenvalue weighted by atomic mass is 10.0. The minimum Gasteiger partial charge on any atom is -0.491 e. The van der Waals surface area contributed by atoms with Gasteiger partial charge in [-0.25, -0.2) is 0 Å². The van der Waals surface area contributed by atoms with Gasteiger partial charge in [-0.1, -0.05) is 6.92 Å². The molecule has 0 radical (unpaired) electrons. The summed E-state index contributed by atoms with van der Waals surface area (Å²) in [7, 11) is 0. The second-order valence-electron chi connectivity index (χ2n) is 6.24. The van der Waals surface area contributed by atoms with Crippen LogP contribution in [0.25, 0.3) is 0 Å². The number of anilines is 1. The number of rotatable bonds is 7. The van der Waals surface area contributed by atoms with E-state index in [0.717, 1.165) is 32.1 Å². The third kappa shape index (κ3) is 4.07. The molecule has 0 aromatic heterocycles. The molecule has 0 unspecified atom stereocenters. The smallest absolute Gasteiger partial charge is 0.256 e. The number of carbonyl (C=O) groups excluding carboxylic acids is 1. The second-order valence-corrected chi connectivity index (χ2v) is 6.24. The average molecular weight is 330 g/mol. The zero-order valence-corrected chi connectivity index (χ0v) is 14.7. The van der Waals surface area contributed by atoms with E-state index >= 15 is 0 Å². The molecule has 1 amide bonds. The Morgan fingerprint density at radius 2 is 2.08 bits per heavy atom. The predicted molar refractivity (Wildman–Crippen MR) is 93.0 cm³/mol. The van der Waals surface area contributed by atoms with Crippen molar-refractivity contribution in [3.05, 3.63) is 23.8 Å². The molecule has 1 N–H and O–H groups in total. The van der Waals surface area contributed by atoms with Gasteiger partial charge in [0.1, 0.15) is 17.4 Å². The van der Waals surface area contributed by atoms with Crippen LogP contribution < -0.4 is 10.1 Å². The molecule has 1 aromatic rings. The van der Waals surface area contributed by atoms with Crippen molar-refractivity contribution in [2.24, 2.45) is 0 Å². The maximum Gasteiger partial charge on any atom is 0.256 e. The molecule has 1 aromatic carbocycles. The molecule has 0 heterocycles. The molecule has 0 bridgehead atoms. The normalized spacial score (nSPS) is 17.1. The Balaban J connectivity index is 2.17. The molecule has 1 aliphatic rings. The predicted octanol–water partition coefficient (Wildman–Crippen LogP) is 4.02. The van der Waals surface area contributed by atoms with Gasteiger partial charge in [0.2, 0.25) is 0 Å². The van der Waals surface area contributed by atoms with Crippen molar-refractivity contribution in [1.82, 2.24) is 0 Å². The summed E-state index contributed by atoms with van der Waals surface area (Å²) in [6.07, 6.45) is 4.39. The van der Waals surface area contributed by atoms with Gasteiger partial charge in [-0.05, 0) is 58.1 Å². The first-order valence-electron chi connectivity index (χ1n) is 8.71. The highest BCUT2D eigenvalue weighted by atomic mass is 16.5. The van der Waals surface area contributed by atoms with Crippen LogP contribution in [0.3, 0.4) is 0 Å². The minimum atomic E-state index is -0.757. The Hall–Kier alpha value is -2.06. The summed E-state index contributed by atoms with van der Waals surface area (Å²) >= 11 is 0. The summed E-state index contributed by atoms with van der Waals surface area (Å²) in [5.41, 5.74) is 0.145. The fourth-order valence-electron chi connectivity index (χ4n) is 3.01. The quantitative estimate of drug-likeness (QED) is 0.819. The first kappa shape index (κ1) is 18.3. The lowest BCUT2D eigenvalue weighted by Gasteiger charge is -2.27. The SMILES string of the molecule is CCOC1(C(=O)Nc2ccc(O[C@@H](C)CC)cc2C#N)CCCC1. The van der Waals surface area contributed by atoms with Gasteiger partial charge >= 0.3 is 0 Å². The maximum atomic E-state index is 12.7. The van der Waals surface area contributed by atoms with E-state index in [1.165, 1.54) is 0 Å². The van der Waals surface area contributed by atoms with Crippen LogP contribution in [0.15, 0.2) is 18.2 Å². The van der Waals surface area contributed by atoms with E-state index in [4.69, 9.17) is 9.47 Å². The molecule has 1 fully saturated rings. The van der Waals surface area contributed by atoms with Crippen LogP contribution in [0.2, 0.25) is 0 Å². The van der Waals surface area contributed by atoms with Gasteiger partial charge in [-0.3, -0.25) is 4.79 Å². The van der Waals surface area contributed by atoms with Gasteiger partial charge in [0.15, 0.2) is 0 Å². The Morgan fingerprint density at radius 3 is 2.67 bits per heavy atom. The first-order valence-corrected chi connectivity index (χ1v) is 8.71. The highest BCUT2D eigenvalue weighted by molar-refractivity contribution is 5.98. The first-order chi connectivity index (χ1) is 11.5. The van der Waals surface area contributed by atoms with Gasteiger partial charge < -0.3 is 14.8 Å². The van der Waals surface area contributed by atoms with E-state index in [1.54, 1.807) is 18.2 Å². The number of nitrogens with zero attached hydrogens (tertiary/aromatic N) is 1. The Labute approximate surface area is 144 Å². The summed E-state index contributed by atoms with van der Waals surface area (Å²) in [4.78, 5) is 12.7. The van der Waals surface area contributed by atoms with Crippen LogP contribution in [-0.2, 0) is 9.53 Å². The van der Waals surface area contributed by atoms with E-state index in [9.17, 15) is 10.1 Å².